The van der Waals surface area contributed by atoms with Crippen molar-refractivity contribution in [2.75, 3.05) is 26.0 Å². The standard InChI is InChI=1S/C27H28N4O3S/c1-33-22-14-12-21(13-15-22)31-25(18-34-24-11-7-9-20-8-3-4-10-23(20)24)28-29-27(31)35-19-26(32)30-16-5-2-6-17-30/h3-4,7-15H,2,5-6,16-19H2,1H3. The smallest absolute Gasteiger partial charge is 0.233 e. The number of rotatable bonds is 8. The summed E-state index contributed by atoms with van der Waals surface area (Å²) in [5.41, 5.74) is 0.889. The largest absolute Gasteiger partial charge is 0.497 e. The second-order valence-corrected chi connectivity index (χ2v) is 9.37. The molecule has 0 radical (unpaired) electrons. The Morgan fingerprint density at radius 1 is 0.943 bits per heavy atom. The lowest BCUT2D eigenvalue weighted by Gasteiger charge is -2.26. The average molecular weight is 489 g/mol. The molecule has 0 atom stereocenters. The van der Waals surface area contributed by atoms with Gasteiger partial charge in [-0.2, -0.15) is 0 Å². The van der Waals surface area contributed by atoms with Crippen molar-refractivity contribution in [1.82, 2.24) is 19.7 Å². The Kier molecular flexibility index (Phi) is 7.18. The normalized spacial score (nSPS) is 13.7. The van der Waals surface area contributed by atoms with Crippen molar-refractivity contribution in [2.45, 2.75) is 31.0 Å². The van der Waals surface area contributed by atoms with Gasteiger partial charge in [0, 0.05) is 24.2 Å². The summed E-state index contributed by atoms with van der Waals surface area (Å²) in [5, 5.41) is 11.7. The summed E-state index contributed by atoms with van der Waals surface area (Å²) in [7, 11) is 1.64. The number of hydrogen-bond donors (Lipinski definition) is 0. The molecule has 1 aliphatic heterocycles. The number of likely N-dealkylation sites (tertiary alicyclic amines) is 1. The van der Waals surface area contributed by atoms with Crippen LogP contribution >= 0.6 is 11.8 Å². The first-order chi connectivity index (χ1) is 17.2. The molecule has 0 aliphatic carbocycles. The fourth-order valence-electron chi connectivity index (χ4n) is 4.30. The first-order valence-electron chi connectivity index (χ1n) is 11.8. The maximum atomic E-state index is 12.8. The first kappa shape index (κ1) is 23.2. The minimum atomic E-state index is 0.146. The van der Waals surface area contributed by atoms with Crippen LogP contribution in [0.2, 0.25) is 0 Å². The molecule has 0 N–H and O–H groups in total. The molecular formula is C27H28N4O3S. The van der Waals surface area contributed by atoms with E-state index in [1.807, 2.05) is 64.1 Å². The minimum absolute atomic E-state index is 0.146. The van der Waals surface area contributed by atoms with Crippen LogP contribution in [0.15, 0.2) is 71.9 Å². The third kappa shape index (κ3) is 5.27. The van der Waals surface area contributed by atoms with Gasteiger partial charge in [0.15, 0.2) is 11.0 Å². The number of methoxy groups -OCH3 is 1. The van der Waals surface area contributed by atoms with Crippen LogP contribution in [0.1, 0.15) is 25.1 Å². The molecule has 5 rings (SSSR count). The molecule has 1 fully saturated rings. The number of thioether (sulfide) groups is 1. The van der Waals surface area contributed by atoms with Gasteiger partial charge in [0.1, 0.15) is 18.1 Å². The lowest BCUT2D eigenvalue weighted by molar-refractivity contribution is -0.129. The van der Waals surface area contributed by atoms with Gasteiger partial charge < -0.3 is 14.4 Å². The van der Waals surface area contributed by atoms with Crippen molar-refractivity contribution in [1.29, 1.82) is 0 Å². The second-order valence-electron chi connectivity index (χ2n) is 8.43. The van der Waals surface area contributed by atoms with Crippen LogP contribution in [0, 0.1) is 0 Å². The van der Waals surface area contributed by atoms with Crippen molar-refractivity contribution >= 4 is 28.4 Å². The topological polar surface area (TPSA) is 69.5 Å². The number of hydrogen-bond acceptors (Lipinski definition) is 6. The number of carbonyl (C=O) groups excluding carboxylic acids is 1. The lowest BCUT2D eigenvalue weighted by Crippen LogP contribution is -2.36. The van der Waals surface area contributed by atoms with Crippen molar-refractivity contribution < 1.29 is 14.3 Å². The molecule has 4 aromatic rings. The molecule has 7 nitrogen and oxygen atoms in total. The Bertz CT molecular complexity index is 1290. The molecule has 8 heteroatoms. The van der Waals surface area contributed by atoms with Crippen molar-refractivity contribution in [2.24, 2.45) is 0 Å². The van der Waals surface area contributed by atoms with Crippen LogP contribution in [0.4, 0.5) is 0 Å². The van der Waals surface area contributed by atoms with Crippen LogP contribution in [-0.4, -0.2) is 51.5 Å². The number of ether oxygens (including phenoxy) is 2. The Labute approximate surface area is 209 Å². The van der Waals surface area contributed by atoms with E-state index in [0.29, 0.717) is 16.7 Å². The quantitative estimate of drug-likeness (QED) is 0.321. The number of benzene rings is 3. The molecule has 0 bridgehead atoms. The van der Waals surface area contributed by atoms with Gasteiger partial charge in [0.2, 0.25) is 5.91 Å². The van der Waals surface area contributed by atoms with E-state index in [9.17, 15) is 4.79 Å². The summed E-state index contributed by atoms with van der Waals surface area (Å²) in [4.78, 5) is 14.7. The lowest BCUT2D eigenvalue weighted by atomic mass is 10.1. The maximum absolute atomic E-state index is 12.8. The molecule has 1 saturated heterocycles. The Morgan fingerprint density at radius 3 is 2.51 bits per heavy atom. The third-order valence-electron chi connectivity index (χ3n) is 6.17. The van der Waals surface area contributed by atoms with E-state index in [4.69, 9.17) is 9.47 Å². The van der Waals surface area contributed by atoms with Gasteiger partial charge >= 0.3 is 0 Å². The van der Waals surface area contributed by atoms with Gasteiger partial charge in [-0.1, -0.05) is 48.2 Å². The number of piperidine rings is 1. The van der Waals surface area contributed by atoms with Crippen LogP contribution in [-0.2, 0) is 11.4 Å². The molecule has 1 aliphatic rings. The van der Waals surface area contributed by atoms with Gasteiger partial charge in [-0.25, -0.2) is 0 Å². The number of aromatic nitrogens is 3. The van der Waals surface area contributed by atoms with Crippen LogP contribution in [0.25, 0.3) is 16.5 Å². The summed E-state index contributed by atoms with van der Waals surface area (Å²) >= 11 is 1.41. The van der Waals surface area contributed by atoms with E-state index in [0.717, 1.165) is 53.9 Å². The Balaban J connectivity index is 1.39. The highest BCUT2D eigenvalue weighted by molar-refractivity contribution is 7.99. The zero-order valence-electron chi connectivity index (χ0n) is 19.7. The van der Waals surface area contributed by atoms with Gasteiger partial charge in [0.05, 0.1) is 12.9 Å². The zero-order valence-corrected chi connectivity index (χ0v) is 20.5. The molecule has 180 valence electrons. The highest BCUT2D eigenvalue weighted by atomic mass is 32.2. The molecule has 0 unspecified atom stereocenters. The minimum Gasteiger partial charge on any atom is -0.497 e. The van der Waals surface area contributed by atoms with Crippen LogP contribution in [0.5, 0.6) is 11.5 Å². The van der Waals surface area contributed by atoms with Crippen molar-refractivity contribution in [3.63, 3.8) is 0 Å². The monoisotopic (exact) mass is 488 g/mol. The van der Waals surface area contributed by atoms with Crippen LogP contribution in [0.3, 0.4) is 0 Å². The molecule has 1 amide bonds. The number of fused-ring (bicyclic) bond motifs is 1. The number of amides is 1. The van der Waals surface area contributed by atoms with Crippen molar-refractivity contribution in [3.8, 4) is 17.2 Å². The fraction of sp³-hybridized carbons (Fsp3) is 0.296. The van der Waals surface area contributed by atoms with Gasteiger partial charge in [-0.3, -0.25) is 9.36 Å². The Hall–Kier alpha value is -3.52. The summed E-state index contributed by atoms with van der Waals surface area (Å²) in [6.07, 6.45) is 3.35. The fourth-order valence-corrected chi connectivity index (χ4v) is 5.18. The molecule has 1 aromatic heterocycles. The summed E-state index contributed by atoms with van der Waals surface area (Å²) in [5.74, 6) is 2.70. The number of nitrogens with zero attached hydrogens (tertiary/aromatic N) is 4. The molecule has 0 saturated carbocycles. The summed E-state index contributed by atoms with van der Waals surface area (Å²) < 4.78 is 13.5. The molecular weight excluding hydrogens is 460 g/mol. The van der Waals surface area contributed by atoms with E-state index in [2.05, 4.69) is 22.3 Å². The van der Waals surface area contributed by atoms with E-state index >= 15 is 0 Å². The zero-order chi connectivity index (χ0) is 24.0. The van der Waals surface area contributed by atoms with Crippen molar-refractivity contribution in [3.05, 3.63) is 72.6 Å². The van der Waals surface area contributed by atoms with E-state index in [1.54, 1.807) is 7.11 Å². The number of carbonyl (C=O) groups is 1. The van der Waals surface area contributed by atoms with E-state index in [-0.39, 0.29) is 12.5 Å². The van der Waals surface area contributed by atoms with Gasteiger partial charge in [-0.05, 0) is 55.0 Å². The summed E-state index contributed by atoms with van der Waals surface area (Å²) in [6, 6.07) is 21.9. The SMILES string of the molecule is COc1ccc(-n2c(COc3cccc4ccccc34)nnc2SCC(=O)N2CCCCC2)cc1. The van der Waals surface area contributed by atoms with E-state index < -0.39 is 0 Å². The predicted molar refractivity (Wildman–Crippen MR) is 137 cm³/mol. The Morgan fingerprint density at radius 2 is 1.71 bits per heavy atom. The molecule has 2 heterocycles. The predicted octanol–water partition coefficient (Wildman–Crippen LogP) is 5.11. The van der Waals surface area contributed by atoms with Gasteiger partial charge in [-0.15, -0.1) is 10.2 Å². The first-order valence-corrected chi connectivity index (χ1v) is 12.8. The van der Waals surface area contributed by atoms with Crippen LogP contribution < -0.4 is 9.47 Å². The van der Waals surface area contributed by atoms with E-state index in [1.165, 1.54) is 18.2 Å². The third-order valence-corrected chi connectivity index (χ3v) is 7.08. The summed E-state index contributed by atoms with van der Waals surface area (Å²) in [6.45, 7) is 1.93. The molecule has 35 heavy (non-hydrogen) atoms. The maximum Gasteiger partial charge on any atom is 0.233 e. The second kappa shape index (κ2) is 10.8. The average Bonchev–Trinajstić information content (AvgIpc) is 3.33. The molecule has 0 spiro atoms. The molecule has 3 aromatic carbocycles. The highest BCUT2D eigenvalue weighted by Gasteiger charge is 2.20. The highest BCUT2D eigenvalue weighted by Crippen LogP contribution is 2.28. The van der Waals surface area contributed by atoms with Gasteiger partial charge in [0.25, 0.3) is 0 Å².